The summed E-state index contributed by atoms with van der Waals surface area (Å²) in [5.41, 5.74) is 3.10. The van der Waals surface area contributed by atoms with E-state index in [-0.39, 0.29) is 12.4 Å². The molecule has 0 spiro atoms. The summed E-state index contributed by atoms with van der Waals surface area (Å²) in [6.07, 6.45) is 0. The number of para-hydroxylation sites is 1. The van der Waals surface area contributed by atoms with E-state index in [9.17, 15) is 9.59 Å². The highest BCUT2D eigenvalue weighted by atomic mass is 32.1. The molecule has 0 atom stereocenters. The lowest BCUT2D eigenvalue weighted by Gasteiger charge is -2.08. The predicted molar refractivity (Wildman–Crippen MR) is 108 cm³/mol. The van der Waals surface area contributed by atoms with Crippen molar-refractivity contribution in [2.75, 3.05) is 6.61 Å². The van der Waals surface area contributed by atoms with Crippen molar-refractivity contribution in [3.63, 3.8) is 0 Å². The largest absolute Gasteiger partial charge is 0.454 e. The molecule has 3 aromatic heterocycles. The first-order valence-corrected chi connectivity index (χ1v) is 9.59. The maximum absolute atomic E-state index is 12.7. The number of fused-ring (bicyclic) bond motifs is 1. The molecule has 4 rings (SSSR count). The normalized spacial score (nSPS) is 10.9. The Morgan fingerprint density at radius 1 is 1.14 bits per heavy atom. The van der Waals surface area contributed by atoms with E-state index in [1.807, 2.05) is 54.8 Å². The van der Waals surface area contributed by atoms with Crippen LogP contribution < -0.4 is 0 Å². The van der Waals surface area contributed by atoms with Crippen LogP contribution in [0.5, 0.6) is 0 Å². The minimum Gasteiger partial charge on any atom is -0.454 e. The Bertz CT molecular complexity index is 1160. The summed E-state index contributed by atoms with van der Waals surface area (Å²) in [5, 5.41) is 7.18. The van der Waals surface area contributed by atoms with Gasteiger partial charge in [-0.15, -0.1) is 11.3 Å². The zero-order chi connectivity index (χ0) is 19.7. The van der Waals surface area contributed by atoms with Crippen molar-refractivity contribution in [1.29, 1.82) is 0 Å². The number of carbonyl (C=O) groups excluding carboxylic acids is 2. The van der Waals surface area contributed by atoms with Crippen LogP contribution >= 0.6 is 11.3 Å². The van der Waals surface area contributed by atoms with Gasteiger partial charge >= 0.3 is 5.97 Å². The average molecular weight is 391 g/mol. The lowest BCUT2D eigenvalue weighted by atomic mass is 10.1. The van der Waals surface area contributed by atoms with Gasteiger partial charge < -0.3 is 4.74 Å². The fourth-order valence-corrected chi connectivity index (χ4v) is 3.68. The lowest BCUT2D eigenvalue weighted by Crippen LogP contribution is -2.12. The maximum atomic E-state index is 12.7. The monoisotopic (exact) mass is 391 g/mol. The van der Waals surface area contributed by atoms with Crippen LogP contribution in [-0.4, -0.2) is 33.1 Å². The third-order valence-corrected chi connectivity index (χ3v) is 5.11. The summed E-state index contributed by atoms with van der Waals surface area (Å²) in [6.45, 7) is 2.95. The van der Waals surface area contributed by atoms with Gasteiger partial charge in [0.25, 0.3) is 0 Å². The van der Waals surface area contributed by atoms with Crippen molar-refractivity contribution >= 4 is 34.1 Å². The second-order valence-corrected chi connectivity index (χ2v) is 7.29. The molecule has 3 heterocycles. The number of aromatic nitrogens is 3. The number of hydrogen-bond donors (Lipinski definition) is 0. The van der Waals surface area contributed by atoms with Crippen LogP contribution in [0, 0.1) is 6.92 Å². The van der Waals surface area contributed by atoms with E-state index < -0.39 is 5.97 Å². The quantitative estimate of drug-likeness (QED) is 0.477. The molecule has 0 N–H and O–H groups in total. The fraction of sp³-hybridized carbons (Fsp3) is 0.143. The highest BCUT2D eigenvalue weighted by Crippen LogP contribution is 2.31. The van der Waals surface area contributed by atoms with Gasteiger partial charge in [-0.05, 0) is 43.5 Å². The number of aryl methyl sites for hydroxylation is 1. The maximum Gasteiger partial charge on any atom is 0.339 e. The molecular formula is C21H17N3O3S. The Hall–Kier alpha value is -3.32. The van der Waals surface area contributed by atoms with Gasteiger partial charge in [-0.2, -0.15) is 5.10 Å². The molecule has 0 saturated heterocycles. The van der Waals surface area contributed by atoms with Crippen molar-refractivity contribution in [2.45, 2.75) is 13.8 Å². The number of benzene rings is 1. The fourth-order valence-electron chi connectivity index (χ4n) is 2.99. The molecule has 0 saturated carbocycles. The van der Waals surface area contributed by atoms with Crippen LogP contribution in [0.3, 0.4) is 0 Å². The molecule has 0 bridgehead atoms. The summed E-state index contributed by atoms with van der Waals surface area (Å²) < 4.78 is 6.92. The molecule has 0 fully saturated rings. The van der Waals surface area contributed by atoms with Gasteiger partial charge in [-0.1, -0.05) is 24.3 Å². The van der Waals surface area contributed by atoms with Crippen LogP contribution in [0.15, 0.2) is 53.9 Å². The van der Waals surface area contributed by atoms with Gasteiger partial charge in [-0.25, -0.2) is 14.5 Å². The van der Waals surface area contributed by atoms with Gasteiger partial charge in [0, 0.05) is 0 Å². The molecule has 140 valence electrons. The Balaban J connectivity index is 1.95. The lowest BCUT2D eigenvalue weighted by molar-refractivity contribution is -0.120. The molecule has 1 aromatic carbocycles. The molecule has 4 aromatic rings. The van der Waals surface area contributed by atoms with Crippen LogP contribution in [0.25, 0.3) is 27.3 Å². The smallest absolute Gasteiger partial charge is 0.339 e. The minimum absolute atomic E-state index is 0.214. The van der Waals surface area contributed by atoms with Gasteiger partial charge in [0.2, 0.25) is 0 Å². The minimum atomic E-state index is -0.559. The molecule has 0 aliphatic rings. The van der Waals surface area contributed by atoms with Crippen molar-refractivity contribution in [2.24, 2.45) is 0 Å². The number of ether oxygens (including phenoxy) is 1. The Morgan fingerprint density at radius 2 is 1.93 bits per heavy atom. The number of hydrogen-bond acceptors (Lipinski definition) is 6. The van der Waals surface area contributed by atoms with E-state index in [1.54, 1.807) is 10.7 Å². The standard InChI is InChI=1S/C21H17N3O3S/c1-13(25)12-27-21(26)16-11-17(18-9-6-10-28-18)22-20-19(16)14(2)23-24(20)15-7-4-3-5-8-15/h3-11H,12H2,1-2H3. The number of thiophene rings is 1. The molecule has 7 heteroatoms. The van der Waals surface area contributed by atoms with E-state index in [0.717, 1.165) is 10.6 Å². The summed E-state index contributed by atoms with van der Waals surface area (Å²) in [5.74, 6) is -0.773. The predicted octanol–water partition coefficient (Wildman–Crippen LogP) is 4.20. The van der Waals surface area contributed by atoms with E-state index >= 15 is 0 Å². The molecule has 0 unspecified atom stereocenters. The first-order valence-electron chi connectivity index (χ1n) is 8.71. The molecule has 6 nitrogen and oxygen atoms in total. The van der Waals surface area contributed by atoms with Crippen molar-refractivity contribution in [1.82, 2.24) is 14.8 Å². The van der Waals surface area contributed by atoms with E-state index in [4.69, 9.17) is 9.72 Å². The summed E-state index contributed by atoms with van der Waals surface area (Å²) >= 11 is 1.53. The summed E-state index contributed by atoms with van der Waals surface area (Å²) in [4.78, 5) is 29.7. The first-order chi connectivity index (χ1) is 13.5. The molecule has 28 heavy (non-hydrogen) atoms. The van der Waals surface area contributed by atoms with Gasteiger partial charge in [-0.3, -0.25) is 4.79 Å². The van der Waals surface area contributed by atoms with Crippen LogP contribution in [0.2, 0.25) is 0 Å². The Morgan fingerprint density at radius 3 is 2.61 bits per heavy atom. The molecule has 0 aliphatic heterocycles. The molecular weight excluding hydrogens is 374 g/mol. The second-order valence-electron chi connectivity index (χ2n) is 6.34. The van der Waals surface area contributed by atoms with E-state index in [2.05, 4.69) is 5.10 Å². The zero-order valence-electron chi connectivity index (χ0n) is 15.4. The first kappa shape index (κ1) is 18.1. The van der Waals surface area contributed by atoms with E-state index in [1.165, 1.54) is 18.3 Å². The van der Waals surface area contributed by atoms with Crippen molar-refractivity contribution in [3.05, 3.63) is 65.2 Å². The number of rotatable bonds is 5. The van der Waals surface area contributed by atoms with Gasteiger partial charge in [0.15, 0.2) is 11.4 Å². The van der Waals surface area contributed by atoms with Crippen LogP contribution in [-0.2, 0) is 9.53 Å². The van der Waals surface area contributed by atoms with Crippen LogP contribution in [0.1, 0.15) is 23.0 Å². The third kappa shape index (κ3) is 3.32. The van der Waals surface area contributed by atoms with Crippen LogP contribution in [0.4, 0.5) is 0 Å². The average Bonchev–Trinajstić information content (AvgIpc) is 3.34. The number of nitrogens with zero attached hydrogens (tertiary/aromatic N) is 3. The number of carbonyl (C=O) groups is 2. The van der Waals surface area contributed by atoms with Gasteiger partial charge in [0.05, 0.1) is 32.9 Å². The molecule has 0 aliphatic carbocycles. The number of pyridine rings is 1. The molecule has 0 amide bonds. The highest BCUT2D eigenvalue weighted by Gasteiger charge is 2.22. The highest BCUT2D eigenvalue weighted by molar-refractivity contribution is 7.13. The van der Waals surface area contributed by atoms with E-state index in [0.29, 0.717) is 28.0 Å². The topological polar surface area (TPSA) is 74.1 Å². The van der Waals surface area contributed by atoms with Crippen molar-refractivity contribution < 1.29 is 14.3 Å². The molecule has 0 radical (unpaired) electrons. The third-order valence-electron chi connectivity index (χ3n) is 4.21. The SMILES string of the molecule is CC(=O)COC(=O)c1cc(-c2cccs2)nc2c1c(C)nn2-c1ccccc1. The summed E-state index contributed by atoms with van der Waals surface area (Å²) in [6, 6.07) is 15.2. The van der Waals surface area contributed by atoms with Crippen molar-refractivity contribution in [3.8, 4) is 16.3 Å². The Labute approximate surface area is 165 Å². The number of ketones is 1. The van der Waals surface area contributed by atoms with Gasteiger partial charge in [0.1, 0.15) is 6.61 Å². The Kier molecular flexibility index (Phi) is 4.75. The summed E-state index contributed by atoms with van der Waals surface area (Å²) in [7, 11) is 0. The number of Topliss-reactive ketones (excluding diaryl/α,β-unsaturated/α-hetero) is 1. The number of esters is 1. The second kappa shape index (κ2) is 7.36. The zero-order valence-corrected chi connectivity index (χ0v) is 16.2.